The van der Waals surface area contributed by atoms with E-state index in [4.69, 9.17) is 4.74 Å². The summed E-state index contributed by atoms with van der Waals surface area (Å²) in [7, 11) is 1.64. The molecule has 2 heterocycles. The molecule has 0 atom stereocenters. The van der Waals surface area contributed by atoms with Crippen LogP contribution in [0.25, 0.3) is 11.4 Å². The molecule has 158 valence electrons. The molecule has 4 aromatic rings. The average molecular weight is 439 g/mol. The van der Waals surface area contributed by atoms with Crippen molar-refractivity contribution in [1.82, 2.24) is 19.7 Å². The van der Waals surface area contributed by atoms with Crippen LogP contribution >= 0.6 is 11.8 Å². The number of methoxy groups -OCH3 is 1. The van der Waals surface area contributed by atoms with E-state index in [0.29, 0.717) is 24.1 Å². The maximum atomic E-state index is 13.5. The first-order chi connectivity index (χ1) is 15.2. The number of ether oxygens (including phenoxy) is 1. The molecular formula is C23H20F2N4OS. The first-order valence-electron chi connectivity index (χ1n) is 9.66. The van der Waals surface area contributed by atoms with Crippen molar-refractivity contribution >= 4 is 11.8 Å². The van der Waals surface area contributed by atoms with Crippen LogP contribution in [0.3, 0.4) is 0 Å². The Kier molecular flexibility index (Phi) is 6.69. The number of thioether (sulfide) groups is 1. The zero-order valence-corrected chi connectivity index (χ0v) is 17.6. The zero-order valence-electron chi connectivity index (χ0n) is 16.8. The second-order valence-corrected chi connectivity index (χ2v) is 7.86. The Morgan fingerprint density at radius 1 is 0.871 bits per heavy atom. The molecule has 2 aromatic heterocycles. The van der Waals surface area contributed by atoms with E-state index in [2.05, 4.69) is 15.2 Å². The van der Waals surface area contributed by atoms with E-state index in [0.717, 1.165) is 16.7 Å². The number of pyridine rings is 1. The summed E-state index contributed by atoms with van der Waals surface area (Å²) in [6.45, 7) is 1.05. The van der Waals surface area contributed by atoms with Gasteiger partial charge in [0.25, 0.3) is 0 Å². The first-order valence-corrected chi connectivity index (χ1v) is 10.5. The van der Waals surface area contributed by atoms with Crippen LogP contribution in [0.15, 0.2) is 78.2 Å². The van der Waals surface area contributed by atoms with Crippen molar-refractivity contribution in [1.29, 1.82) is 0 Å². The summed E-state index contributed by atoms with van der Waals surface area (Å²) in [6, 6.07) is 16.4. The lowest BCUT2D eigenvalue weighted by Crippen LogP contribution is -2.09. The van der Waals surface area contributed by atoms with Gasteiger partial charge in [-0.25, -0.2) is 8.78 Å². The average Bonchev–Trinajstić information content (AvgIpc) is 3.20. The van der Waals surface area contributed by atoms with E-state index in [1.807, 2.05) is 16.7 Å². The summed E-state index contributed by atoms with van der Waals surface area (Å²) in [6.07, 6.45) is 3.41. The summed E-state index contributed by atoms with van der Waals surface area (Å²) in [5.74, 6) is 0.0867. The molecule has 0 fully saturated rings. The summed E-state index contributed by atoms with van der Waals surface area (Å²) >= 11 is 1.47. The van der Waals surface area contributed by atoms with Crippen molar-refractivity contribution in [2.24, 2.45) is 0 Å². The van der Waals surface area contributed by atoms with Crippen molar-refractivity contribution in [3.63, 3.8) is 0 Å². The minimum atomic E-state index is -0.310. The van der Waals surface area contributed by atoms with E-state index < -0.39 is 0 Å². The van der Waals surface area contributed by atoms with E-state index in [9.17, 15) is 8.78 Å². The Labute approximate surface area is 183 Å². The molecule has 2 aromatic carbocycles. The number of rotatable bonds is 8. The van der Waals surface area contributed by atoms with E-state index in [1.54, 1.807) is 43.8 Å². The molecule has 0 spiro atoms. The smallest absolute Gasteiger partial charge is 0.192 e. The van der Waals surface area contributed by atoms with Gasteiger partial charge in [-0.2, -0.15) is 0 Å². The van der Waals surface area contributed by atoms with Gasteiger partial charge in [0.15, 0.2) is 11.0 Å². The van der Waals surface area contributed by atoms with Gasteiger partial charge in [0.2, 0.25) is 0 Å². The molecule has 0 aliphatic rings. The van der Waals surface area contributed by atoms with E-state index in [1.165, 1.54) is 36.0 Å². The quantitative estimate of drug-likeness (QED) is 0.356. The fourth-order valence-electron chi connectivity index (χ4n) is 3.18. The lowest BCUT2D eigenvalue weighted by Gasteiger charge is -2.18. The van der Waals surface area contributed by atoms with Crippen molar-refractivity contribution in [2.75, 3.05) is 13.7 Å². The minimum absolute atomic E-state index is 0.225. The first kappa shape index (κ1) is 21.1. The predicted molar refractivity (Wildman–Crippen MR) is 116 cm³/mol. The molecule has 0 saturated heterocycles. The van der Waals surface area contributed by atoms with Crippen LogP contribution < -0.4 is 0 Å². The Morgan fingerprint density at radius 2 is 1.45 bits per heavy atom. The highest BCUT2D eigenvalue weighted by Crippen LogP contribution is 2.40. The topological polar surface area (TPSA) is 52.8 Å². The van der Waals surface area contributed by atoms with Crippen molar-refractivity contribution in [3.8, 4) is 11.4 Å². The third kappa shape index (κ3) is 4.98. The second-order valence-electron chi connectivity index (χ2n) is 6.79. The van der Waals surface area contributed by atoms with Crippen LogP contribution in [-0.2, 0) is 11.3 Å². The zero-order chi connectivity index (χ0) is 21.6. The Morgan fingerprint density at radius 3 is 2.00 bits per heavy atom. The molecule has 31 heavy (non-hydrogen) atoms. The third-order valence-corrected chi connectivity index (χ3v) is 6.04. The summed E-state index contributed by atoms with van der Waals surface area (Å²) in [5, 5.41) is 9.28. The molecule has 0 radical (unpaired) electrons. The summed E-state index contributed by atoms with van der Waals surface area (Å²) in [4.78, 5) is 4.06. The number of aromatic nitrogens is 4. The van der Waals surface area contributed by atoms with Crippen LogP contribution in [0.5, 0.6) is 0 Å². The second kappa shape index (κ2) is 9.80. The molecule has 8 heteroatoms. The van der Waals surface area contributed by atoms with Gasteiger partial charge in [0.05, 0.1) is 18.4 Å². The van der Waals surface area contributed by atoms with Gasteiger partial charge in [-0.1, -0.05) is 36.0 Å². The third-order valence-electron chi connectivity index (χ3n) is 4.74. The molecule has 0 amide bonds. The largest absolute Gasteiger partial charge is 0.383 e. The maximum Gasteiger partial charge on any atom is 0.192 e. The molecule has 0 aliphatic heterocycles. The van der Waals surface area contributed by atoms with Gasteiger partial charge in [-0.15, -0.1) is 10.2 Å². The molecule has 5 nitrogen and oxygen atoms in total. The van der Waals surface area contributed by atoms with Crippen LogP contribution in [0, 0.1) is 11.6 Å². The SMILES string of the molecule is COCCn1c(SC(c2ccc(F)cc2)c2ccc(F)cc2)nnc1-c1ccncc1. The van der Waals surface area contributed by atoms with Gasteiger partial charge in [-0.3, -0.25) is 9.55 Å². The number of hydrogen-bond acceptors (Lipinski definition) is 5. The number of nitrogens with zero attached hydrogens (tertiary/aromatic N) is 4. The van der Waals surface area contributed by atoms with Crippen LogP contribution in [0.2, 0.25) is 0 Å². The Bertz CT molecular complexity index is 1070. The van der Waals surface area contributed by atoms with Crippen LogP contribution in [0.1, 0.15) is 16.4 Å². The van der Waals surface area contributed by atoms with Crippen molar-refractivity contribution in [2.45, 2.75) is 17.0 Å². The fourth-order valence-corrected chi connectivity index (χ4v) is 4.37. The highest BCUT2D eigenvalue weighted by atomic mass is 32.2. The lowest BCUT2D eigenvalue weighted by molar-refractivity contribution is 0.185. The number of benzene rings is 2. The van der Waals surface area contributed by atoms with Crippen LogP contribution in [-0.4, -0.2) is 33.5 Å². The monoisotopic (exact) mass is 438 g/mol. The number of hydrogen-bond donors (Lipinski definition) is 0. The fraction of sp³-hybridized carbons (Fsp3) is 0.174. The predicted octanol–water partition coefficient (Wildman–Crippen LogP) is 5.15. The van der Waals surface area contributed by atoms with E-state index in [-0.39, 0.29) is 16.9 Å². The van der Waals surface area contributed by atoms with Gasteiger partial charge in [0.1, 0.15) is 11.6 Å². The molecule has 0 N–H and O–H groups in total. The van der Waals surface area contributed by atoms with Crippen molar-refractivity contribution < 1.29 is 13.5 Å². The van der Waals surface area contributed by atoms with E-state index >= 15 is 0 Å². The molecule has 0 aliphatic carbocycles. The standard InChI is InChI=1S/C23H20F2N4OS/c1-30-15-14-29-22(18-10-12-26-13-11-18)27-28-23(29)31-21(16-2-6-19(24)7-3-16)17-4-8-20(25)9-5-17/h2-13,21H,14-15H2,1H3. The Balaban J connectivity index is 1.74. The van der Waals surface area contributed by atoms with Gasteiger partial charge in [0, 0.05) is 25.1 Å². The Hall–Kier alpha value is -3.10. The minimum Gasteiger partial charge on any atom is -0.383 e. The maximum absolute atomic E-state index is 13.5. The lowest BCUT2D eigenvalue weighted by atomic mass is 10.0. The van der Waals surface area contributed by atoms with Gasteiger partial charge < -0.3 is 4.74 Å². The normalized spacial score (nSPS) is 11.2. The van der Waals surface area contributed by atoms with Crippen molar-refractivity contribution in [3.05, 3.63) is 95.8 Å². The molecule has 0 bridgehead atoms. The summed E-state index contributed by atoms with van der Waals surface area (Å²) < 4.78 is 34.3. The van der Waals surface area contributed by atoms with Gasteiger partial charge >= 0.3 is 0 Å². The molecule has 0 saturated carbocycles. The highest BCUT2D eigenvalue weighted by molar-refractivity contribution is 7.99. The number of halogens is 2. The summed E-state index contributed by atoms with van der Waals surface area (Å²) in [5.41, 5.74) is 2.65. The van der Waals surface area contributed by atoms with Gasteiger partial charge in [-0.05, 0) is 47.5 Å². The molecule has 4 rings (SSSR count). The molecule has 0 unspecified atom stereocenters. The van der Waals surface area contributed by atoms with Crippen LogP contribution in [0.4, 0.5) is 8.78 Å². The molecular weight excluding hydrogens is 418 g/mol. The highest BCUT2D eigenvalue weighted by Gasteiger charge is 2.22.